The summed E-state index contributed by atoms with van der Waals surface area (Å²) in [5, 5.41) is 0. The van der Waals surface area contributed by atoms with E-state index in [1.165, 1.54) is 0 Å². The van der Waals surface area contributed by atoms with Gasteiger partial charge >= 0.3 is 5.97 Å². The van der Waals surface area contributed by atoms with Crippen LogP contribution >= 0.6 is 0 Å². The summed E-state index contributed by atoms with van der Waals surface area (Å²) in [7, 11) is 0. The number of carbonyl (C=O) groups is 2. The number of fused-ring (bicyclic) bond motifs is 1. The highest BCUT2D eigenvalue weighted by Gasteiger charge is 2.54. The van der Waals surface area contributed by atoms with Crippen LogP contribution in [-0.4, -0.2) is 22.8 Å². The lowest BCUT2D eigenvalue weighted by molar-refractivity contribution is -0.176. The van der Waals surface area contributed by atoms with Crippen molar-refractivity contribution in [1.82, 2.24) is 4.90 Å². The number of esters is 1. The first-order chi connectivity index (χ1) is 9.58. The second-order valence-electron chi connectivity index (χ2n) is 5.66. The standard InChI is InChI=1S/C16H19NO3/c1-3-6-14(18)20-16(2)13-8-5-4-7-12(13)15(19)17(16)11-9-10-11/h4-5,7-8,11H,3,6,9-10H2,1-2H3. The summed E-state index contributed by atoms with van der Waals surface area (Å²) in [6, 6.07) is 7.63. The maximum atomic E-state index is 12.6. The molecule has 1 saturated carbocycles. The molecule has 1 aliphatic heterocycles. The summed E-state index contributed by atoms with van der Waals surface area (Å²) in [6.07, 6.45) is 3.10. The van der Waals surface area contributed by atoms with Crippen molar-refractivity contribution < 1.29 is 14.3 Å². The van der Waals surface area contributed by atoms with Crippen LogP contribution in [0.5, 0.6) is 0 Å². The van der Waals surface area contributed by atoms with Crippen molar-refractivity contribution in [2.24, 2.45) is 0 Å². The fourth-order valence-electron chi connectivity index (χ4n) is 2.96. The first kappa shape index (κ1) is 13.2. The maximum Gasteiger partial charge on any atom is 0.308 e. The van der Waals surface area contributed by atoms with E-state index in [0.717, 1.165) is 24.8 Å². The van der Waals surface area contributed by atoms with E-state index in [1.54, 1.807) is 4.90 Å². The van der Waals surface area contributed by atoms with E-state index in [4.69, 9.17) is 4.74 Å². The molecule has 2 aliphatic rings. The number of rotatable bonds is 4. The third kappa shape index (κ3) is 1.90. The molecule has 1 atom stereocenters. The van der Waals surface area contributed by atoms with Gasteiger partial charge in [-0.15, -0.1) is 0 Å². The Morgan fingerprint density at radius 1 is 1.40 bits per heavy atom. The van der Waals surface area contributed by atoms with Crippen molar-refractivity contribution in [2.45, 2.75) is 51.3 Å². The van der Waals surface area contributed by atoms with Crippen LogP contribution in [0.3, 0.4) is 0 Å². The molecule has 4 nitrogen and oxygen atoms in total. The van der Waals surface area contributed by atoms with Gasteiger partial charge in [0.25, 0.3) is 5.91 Å². The summed E-state index contributed by atoms with van der Waals surface area (Å²) in [5.41, 5.74) is 0.522. The van der Waals surface area contributed by atoms with Crippen LogP contribution in [0.1, 0.15) is 55.5 Å². The average molecular weight is 273 g/mol. The summed E-state index contributed by atoms with van der Waals surface area (Å²) in [5.74, 6) is -0.264. The topological polar surface area (TPSA) is 46.6 Å². The van der Waals surface area contributed by atoms with Gasteiger partial charge in [-0.3, -0.25) is 14.5 Å². The largest absolute Gasteiger partial charge is 0.435 e. The van der Waals surface area contributed by atoms with Gasteiger partial charge in [0.2, 0.25) is 5.72 Å². The molecule has 1 unspecified atom stereocenters. The lowest BCUT2D eigenvalue weighted by Crippen LogP contribution is -2.46. The second kappa shape index (κ2) is 4.62. The number of benzene rings is 1. The van der Waals surface area contributed by atoms with Crippen molar-refractivity contribution in [3.8, 4) is 0 Å². The molecule has 1 aliphatic carbocycles. The Balaban J connectivity index is 2.00. The highest BCUT2D eigenvalue weighted by molar-refractivity contribution is 6.00. The lowest BCUT2D eigenvalue weighted by atomic mass is 10.0. The summed E-state index contributed by atoms with van der Waals surface area (Å²) in [4.78, 5) is 26.3. The van der Waals surface area contributed by atoms with Gasteiger partial charge in [-0.25, -0.2) is 0 Å². The molecule has 1 aromatic rings. The maximum absolute atomic E-state index is 12.6. The van der Waals surface area contributed by atoms with Crippen LogP contribution in [0.25, 0.3) is 0 Å². The molecule has 0 N–H and O–H groups in total. The minimum absolute atomic E-state index is 0.0186. The van der Waals surface area contributed by atoms with Crippen LogP contribution in [0.15, 0.2) is 24.3 Å². The normalized spacial score (nSPS) is 24.7. The van der Waals surface area contributed by atoms with Crippen molar-refractivity contribution in [1.29, 1.82) is 0 Å². The smallest absolute Gasteiger partial charge is 0.308 e. The monoisotopic (exact) mass is 273 g/mol. The molecule has 1 amide bonds. The molecule has 1 fully saturated rings. The number of hydrogen-bond acceptors (Lipinski definition) is 3. The molecule has 0 saturated heterocycles. The zero-order chi connectivity index (χ0) is 14.3. The minimum atomic E-state index is -0.943. The highest BCUT2D eigenvalue weighted by atomic mass is 16.6. The summed E-state index contributed by atoms with van der Waals surface area (Å²) in [6.45, 7) is 3.78. The van der Waals surface area contributed by atoms with Gasteiger partial charge < -0.3 is 4.74 Å². The van der Waals surface area contributed by atoms with E-state index in [2.05, 4.69) is 0 Å². The Bertz CT molecular complexity index is 565. The van der Waals surface area contributed by atoms with Gasteiger partial charge in [-0.05, 0) is 32.3 Å². The number of hydrogen-bond donors (Lipinski definition) is 0. The number of amides is 1. The molecule has 1 aromatic carbocycles. The summed E-state index contributed by atoms with van der Waals surface area (Å²) < 4.78 is 5.72. The van der Waals surface area contributed by atoms with Crippen molar-refractivity contribution >= 4 is 11.9 Å². The number of carbonyl (C=O) groups excluding carboxylic acids is 2. The van der Waals surface area contributed by atoms with Gasteiger partial charge in [-0.2, -0.15) is 0 Å². The number of nitrogens with zero attached hydrogens (tertiary/aromatic N) is 1. The minimum Gasteiger partial charge on any atom is -0.435 e. The Morgan fingerprint density at radius 2 is 2.10 bits per heavy atom. The Kier molecular flexibility index (Phi) is 3.04. The molecule has 4 heteroatoms. The van der Waals surface area contributed by atoms with E-state index < -0.39 is 5.72 Å². The SMILES string of the molecule is CCCC(=O)OC1(C)c2ccccc2C(=O)N1C1CC1. The van der Waals surface area contributed by atoms with Crippen molar-refractivity contribution in [2.75, 3.05) is 0 Å². The summed E-state index contributed by atoms with van der Waals surface area (Å²) >= 11 is 0. The second-order valence-corrected chi connectivity index (χ2v) is 5.66. The van der Waals surface area contributed by atoms with Crippen LogP contribution in [0, 0.1) is 0 Å². The quantitative estimate of drug-likeness (QED) is 0.792. The molecule has 0 bridgehead atoms. The van der Waals surface area contributed by atoms with Crippen LogP contribution < -0.4 is 0 Å². The van der Waals surface area contributed by atoms with E-state index >= 15 is 0 Å². The Hall–Kier alpha value is -1.84. The van der Waals surface area contributed by atoms with E-state index in [9.17, 15) is 9.59 Å². The fraction of sp³-hybridized carbons (Fsp3) is 0.500. The predicted octanol–water partition coefficient (Wildman–Crippen LogP) is 2.82. The average Bonchev–Trinajstić information content (AvgIpc) is 3.20. The zero-order valence-electron chi connectivity index (χ0n) is 11.9. The fourth-order valence-corrected chi connectivity index (χ4v) is 2.96. The van der Waals surface area contributed by atoms with E-state index in [-0.39, 0.29) is 17.9 Å². The van der Waals surface area contributed by atoms with Gasteiger partial charge in [0, 0.05) is 23.6 Å². The van der Waals surface area contributed by atoms with Gasteiger partial charge in [0.15, 0.2) is 0 Å². The first-order valence-electron chi connectivity index (χ1n) is 7.23. The van der Waals surface area contributed by atoms with Crippen molar-refractivity contribution in [3.63, 3.8) is 0 Å². The molecule has 3 rings (SSSR count). The zero-order valence-corrected chi connectivity index (χ0v) is 11.9. The highest BCUT2D eigenvalue weighted by Crippen LogP contribution is 2.46. The first-order valence-corrected chi connectivity index (χ1v) is 7.23. The molecule has 0 radical (unpaired) electrons. The van der Waals surface area contributed by atoms with Crippen LogP contribution in [0.4, 0.5) is 0 Å². The van der Waals surface area contributed by atoms with Gasteiger partial charge in [-0.1, -0.05) is 25.1 Å². The molecule has 0 aromatic heterocycles. The molecule has 106 valence electrons. The van der Waals surface area contributed by atoms with E-state index in [0.29, 0.717) is 12.0 Å². The molecular weight excluding hydrogens is 254 g/mol. The Morgan fingerprint density at radius 3 is 2.75 bits per heavy atom. The molecule has 1 heterocycles. The predicted molar refractivity (Wildman–Crippen MR) is 74.0 cm³/mol. The van der Waals surface area contributed by atoms with Crippen LogP contribution in [0.2, 0.25) is 0 Å². The third-order valence-corrected chi connectivity index (χ3v) is 4.01. The molecule has 0 spiro atoms. The van der Waals surface area contributed by atoms with Crippen LogP contribution in [-0.2, 0) is 15.3 Å². The Labute approximate surface area is 118 Å². The van der Waals surface area contributed by atoms with Gasteiger partial charge in [0.05, 0.1) is 0 Å². The lowest BCUT2D eigenvalue weighted by Gasteiger charge is -2.35. The van der Waals surface area contributed by atoms with Gasteiger partial charge in [0.1, 0.15) is 0 Å². The number of ether oxygens (including phenoxy) is 1. The third-order valence-electron chi connectivity index (χ3n) is 4.01. The van der Waals surface area contributed by atoms with Crippen molar-refractivity contribution in [3.05, 3.63) is 35.4 Å². The molecule has 20 heavy (non-hydrogen) atoms. The van der Waals surface area contributed by atoms with E-state index in [1.807, 2.05) is 38.1 Å². The molecular formula is C16H19NO3.